The van der Waals surface area contributed by atoms with Crippen LogP contribution in [0.25, 0.3) is 72.6 Å². The Morgan fingerprint density at radius 3 is 2.15 bits per heavy atom. The number of nitrogens with zero attached hydrogens (tertiary/aromatic N) is 4. The molecule has 0 aliphatic rings. The van der Waals surface area contributed by atoms with Crippen LogP contribution in [0, 0.1) is 19.1 Å². The third-order valence-corrected chi connectivity index (χ3v) is 16.7. The fourth-order valence-corrected chi connectivity index (χ4v) is 11.9. The zero-order valence-electron chi connectivity index (χ0n) is 40.2. The number of aromatic nitrogens is 4. The van der Waals surface area contributed by atoms with E-state index in [-0.39, 0.29) is 31.4 Å². The molecule has 0 saturated heterocycles. The van der Waals surface area contributed by atoms with Gasteiger partial charge in [0.2, 0.25) is 5.71 Å². The average Bonchev–Trinajstić information content (AvgIpc) is 3.89. The first-order valence-corrected chi connectivity index (χ1v) is 29.9. The summed E-state index contributed by atoms with van der Waals surface area (Å²) in [6.07, 6.45) is 2.04. The second kappa shape index (κ2) is 19.1. The number of furan rings is 1. The number of hydrogen-bond donors (Lipinski definition) is 0. The summed E-state index contributed by atoms with van der Waals surface area (Å²) in [5.41, 5.74) is 13.9. The Labute approximate surface area is 407 Å². The van der Waals surface area contributed by atoms with Crippen molar-refractivity contribution in [3.63, 3.8) is 0 Å². The quantitative estimate of drug-likeness (QED) is 0.112. The van der Waals surface area contributed by atoms with Crippen molar-refractivity contribution >= 4 is 50.8 Å². The molecule has 0 N–H and O–H groups in total. The smallest absolute Gasteiger partial charge is 0 e. The van der Waals surface area contributed by atoms with Crippen LogP contribution in [0.5, 0.6) is 0 Å². The van der Waals surface area contributed by atoms with Gasteiger partial charge in [-0.1, -0.05) is 80.3 Å². The van der Waals surface area contributed by atoms with Gasteiger partial charge in [0.15, 0.2) is 0 Å². The number of para-hydroxylation sites is 2. The molecule has 4 aromatic heterocycles. The zero-order valence-corrected chi connectivity index (χ0v) is 43.7. The minimum absolute atomic E-state index is 0. The van der Waals surface area contributed by atoms with Crippen molar-refractivity contribution in [3.8, 4) is 39.5 Å². The molecule has 6 aromatic carbocycles. The summed E-state index contributed by atoms with van der Waals surface area (Å²) in [7, 11) is 0. The standard InChI is InChI=1S/C35H28N3O.C24H28GeN.Ir/c1-22-17-19-26-25-13-10-14-27(32(25)39-34(26)36-22)33-37-29-15-8-9-16-31(29)38(33)30-20-18-24(35(2,3)4)21-28(30)23-11-6-5-7-12-23;1-18(20-12-8-6-9-13-20)19(2)22-16-24(21-14-10-7-11-15-21)26-17-23(22)25(3,4)5;/h5-13,15-21H,1-4H3;6-14,16-19H,1-5H3;/q2*-1;/i;19D;. The van der Waals surface area contributed by atoms with Crippen molar-refractivity contribution in [1.82, 2.24) is 19.5 Å². The summed E-state index contributed by atoms with van der Waals surface area (Å²) in [5.74, 6) is 7.26. The van der Waals surface area contributed by atoms with E-state index in [0.717, 1.165) is 78.1 Å². The van der Waals surface area contributed by atoms with Gasteiger partial charge in [-0.15, -0.1) is 18.2 Å². The maximum atomic E-state index is 9.38. The minimum atomic E-state index is -2.20. The molecule has 2 atom stereocenters. The first-order valence-electron chi connectivity index (χ1n) is 23.0. The third kappa shape index (κ3) is 9.37. The van der Waals surface area contributed by atoms with Crippen LogP contribution in [0.4, 0.5) is 0 Å². The van der Waals surface area contributed by atoms with Gasteiger partial charge in [-0.3, -0.25) is 4.98 Å². The summed E-state index contributed by atoms with van der Waals surface area (Å²) in [4.78, 5) is 14.6. The minimum Gasteiger partial charge on any atom is 0 e. The van der Waals surface area contributed by atoms with Gasteiger partial charge >= 0.3 is 162 Å². The van der Waals surface area contributed by atoms with Crippen molar-refractivity contribution in [2.75, 3.05) is 0 Å². The predicted octanol–water partition coefficient (Wildman–Crippen LogP) is 15.1. The number of aryl methyl sites for hydroxylation is 1. The van der Waals surface area contributed by atoms with Gasteiger partial charge in [0.05, 0.1) is 22.4 Å². The monoisotopic (exact) mass is 1100 g/mol. The molecule has 1 radical (unpaired) electrons. The molecule has 333 valence electrons. The molecule has 66 heavy (non-hydrogen) atoms. The summed E-state index contributed by atoms with van der Waals surface area (Å²) < 4.78 is 19.3. The Hall–Kier alpha value is -5.92. The van der Waals surface area contributed by atoms with E-state index >= 15 is 0 Å². The Bertz CT molecular complexity index is 3330. The summed E-state index contributed by atoms with van der Waals surface area (Å²) in [6.45, 7) is 12.9. The van der Waals surface area contributed by atoms with Crippen LogP contribution < -0.4 is 4.40 Å². The summed E-state index contributed by atoms with van der Waals surface area (Å²) in [6, 6.07) is 60.9. The molecule has 5 nitrogen and oxygen atoms in total. The molecule has 0 aliphatic heterocycles. The topological polar surface area (TPSA) is 56.7 Å². The summed E-state index contributed by atoms with van der Waals surface area (Å²) >= 11 is -2.20. The van der Waals surface area contributed by atoms with Crippen molar-refractivity contribution < 1.29 is 25.9 Å². The van der Waals surface area contributed by atoms with Crippen LogP contribution >= 0.6 is 0 Å². The van der Waals surface area contributed by atoms with Crippen LogP contribution in [-0.2, 0) is 25.5 Å². The van der Waals surface area contributed by atoms with E-state index < -0.39 is 19.2 Å². The van der Waals surface area contributed by atoms with Crippen LogP contribution in [0.2, 0.25) is 17.3 Å². The van der Waals surface area contributed by atoms with Crippen LogP contribution in [0.1, 0.15) is 70.2 Å². The van der Waals surface area contributed by atoms with Crippen molar-refractivity contribution in [3.05, 3.63) is 198 Å². The predicted molar refractivity (Wildman–Crippen MR) is 274 cm³/mol. The van der Waals surface area contributed by atoms with E-state index in [1.807, 2.05) is 67.7 Å². The fraction of sp³-hybridized carbons (Fsp3) is 0.203. The molecular formula is C59H56GeIrN4O-2. The normalized spacial score (nSPS) is 13.4. The van der Waals surface area contributed by atoms with Gasteiger partial charge in [0.25, 0.3) is 0 Å². The van der Waals surface area contributed by atoms with Crippen LogP contribution in [0.15, 0.2) is 168 Å². The molecule has 0 spiro atoms. The first kappa shape index (κ1) is 45.2. The molecule has 0 aliphatic carbocycles. The van der Waals surface area contributed by atoms with Gasteiger partial charge < -0.3 is 8.98 Å². The SMILES string of the molecule is Cc1ccc2c(n1)oc1c(-c3nc4ccccc4n3-c3ccc(C(C)(C)C)cc3-c3ccccc3)[c-]ccc12.[2H]C(C)(c1cc(-c2[c-]cccc2)nc[c]1[Ge]([CH3])([CH3])[CH3])C(C)c1ccccc1.[Ir]. The Balaban J connectivity index is 0.000000192. The van der Waals surface area contributed by atoms with Gasteiger partial charge in [0, 0.05) is 42.4 Å². The molecule has 0 bridgehead atoms. The molecule has 7 heteroatoms. The fourth-order valence-electron chi connectivity index (χ4n) is 8.67. The molecule has 2 unspecified atom stereocenters. The molecule has 10 rings (SSSR count). The Kier molecular flexibility index (Phi) is 13.1. The second-order valence-corrected chi connectivity index (χ2v) is 29.6. The Morgan fingerprint density at radius 2 is 1.44 bits per heavy atom. The van der Waals surface area contributed by atoms with E-state index in [4.69, 9.17) is 14.4 Å². The van der Waals surface area contributed by atoms with Crippen molar-refractivity contribution in [1.29, 1.82) is 0 Å². The van der Waals surface area contributed by atoms with Crippen molar-refractivity contribution in [2.24, 2.45) is 0 Å². The molecule has 0 fully saturated rings. The average molecular weight is 1100 g/mol. The molecule has 0 amide bonds. The molecule has 4 heterocycles. The van der Waals surface area contributed by atoms with Gasteiger partial charge in [-0.05, 0) is 59.9 Å². The maximum Gasteiger partial charge on any atom is 0 e. The maximum absolute atomic E-state index is 9.38. The molecule has 0 saturated carbocycles. The second-order valence-electron chi connectivity index (χ2n) is 19.1. The van der Waals surface area contributed by atoms with Crippen LogP contribution in [-0.4, -0.2) is 32.8 Å². The summed E-state index contributed by atoms with van der Waals surface area (Å²) in [5, 5.41) is 2.00. The zero-order chi connectivity index (χ0) is 46.4. The Morgan fingerprint density at radius 1 is 0.727 bits per heavy atom. The molecule has 10 aromatic rings. The van der Waals surface area contributed by atoms with Gasteiger partial charge in [0.1, 0.15) is 0 Å². The number of benzene rings is 6. The largest absolute Gasteiger partial charge is 0 e. The number of pyridine rings is 2. The number of imidazole rings is 1. The van der Waals surface area contributed by atoms with Crippen LogP contribution in [0.3, 0.4) is 0 Å². The van der Waals surface area contributed by atoms with Gasteiger partial charge in [-0.2, -0.15) is 0 Å². The first-order chi connectivity index (χ1) is 31.6. The third-order valence-electron chi connectivity index (χ3n) is 12.5. The number of hydrogen-bond acceptors (Lipinski definition) is 4. The van der Waals surface area contributed by atoms with E-state index in [1.54, 1.807) is 0 Å². The number of fused-ring (bicyclic) bond motifs is 4. The van der Waals surface area contributed by atoms with E-state index in [2.05, 4.69) is 177 Å². The van der Waals surface area contributed by atoms with E-state index in [9.17, 15) is 1.37 Å². The van der Waals surface area contributed by atoms with Crippen molar-refractivity contribution in [2.45, 2.75) is 76.0 Å². The number of rotatable bonds is 8. The van der Waals surface area contributed by atoms with E-state index in [0.29, 0.717) is 5.71 Å². The molecular weight excluding hydrogens is 1050 g/mol. The van der Waals surface area contributed by atoms with E-state index in [1.165, 1.54) is 15.5 Å². The van der Waals surface area contributed by atoms with Gasteiger partial charge in [-0.25, -0.2) is 4.98 Å².